The predicted molar refractivity (Wildman–Crippen MR) is 66.7 cm³/mol. The van der Waals surface area contributed by atoms with Crippen LogP contribution in [0.15, 0.2) is 30.3 Å². The second kappa shape index (κ2) is 5.78. The molecule has 0 heterocycles. The van der Waals surface area contributed by atoms with Crippen LogP contribution >= 0.6 is 0 Å². The third kappa shape index (κ3) is 3.28. The molecule has 110 valence electrons. The Morgan fingerprint density at radius 2 is 1.71 bits per heavy atom. The van der Waals surface area contributed by atoms with E-state index in [2.05, 4.69) is 5.32 Å². The van der Waals surface area contributed by atoms with Crippen LogP contribution in [-0.4, -0.2) is 4.92 Å². The summed E-state index contributed by atoms with van der Waals surface area (Å²) in [4.78, 5) is 9.81. The van der Waals surface area contributed by atoms with Gasteiger partial charge in [-0.2, -0.15) is 0 Å². The summed E-state index contributed by atoms with van der Waals surface area (Å²) in [5.41, 5.74) is -1.06. The zero-order valence-corrected chi connectivity index (χ0v) is 10.4. The van der Waals surface area contributed by atoms with Crippen LogP contribution in [0.5, 0.6) is 0 Å². The van der Waals surface area contributed by atoms with E-state index in [9.17, 15) is 27.7 Å². The molecule has 0 radical (unpaired) electrons. The second-order valence-corrected chi connectivity index (χ2v) is 4.14. The van der Waals surface area contributed by atoms with Crippen molar-refractivity contribution in [3.05, 3.63) is 69.3 Å². The minimum absolute atomic E-state index is 0.194. The van der Waals surface area contributed by atoms with Gasteiger partial charge in [-0.3, -0.25) is 10.1 Å². The van der Waals surface area contributed by atoms with Gasteiger partial charge in [-0.05, 0) is 17.7 Å². The van der Waals surface area contributed by atoms with Gasteiger partial charge in [-0.1, -0.05) is 6.07 Å². The number of halogens is 4. The normalized spacial score (nSPS) is 10.5. The van der Waals surface area contributed by atoms with Gasteiger partial charge >= 0.3 is 0 Å². The molecule has 0 spiro atoms. The molecule has 2 rings (SSSR count). The van der Waals surface area contributed by atoms with E-state index in [0.29, 0.717) is 12.1 Å². The van der Waals surface area contributed by atoms with Crippen molar-refractivity contribution < 1.29 is 22.5 Å². The van der Waals surface area contributed by atoms with Gasteiger partial charge in [0.15, 0.2) is 17.5 Å². The molecule has 0 amide bonds. The predicted octanol–water partition coefficient (Wildman–Crippen LogP) is 3.76. The number of hydrogen-bond acceptors (Lipinski definition) is 3. The summed E-state index contributed by atoms with van der Waals surface area (Å²) >= 11 is 0. The lowest BCUT2D eigenvalue weighted by molar-refractivity contribution is -0.384. The van der Waals surface area contributed by atoms with Crippen LogP contribution < -0.4 is 5.32 Å². The van der Waals surface area contributed by atoms with Crippen LogP contribution in [0, 0.1) is 33.4 Å². The molecule has 0 bridgehead atoms. The molecule has 21 heavy (non-hydrogen) atoms. The topological polar surface area (TPSA) is 55.2 Å². The van der Waals surface area contributed by atoms with E-state index in [1.807, 2.05) is 0 Å². The number of rotatable bonds is 4. The van der Waals surface area contributed by atoms with E-state index in [1.54, 1.807) is 0 Å². The van der Waals surface area contributed by atoms with Gasteiger partial charge in [-0.25, -0.2) is 17.6 Å². The molecule has 0 fully saturated rings. The lowest BCUT2D eigenvalue weighted by atomic mass is 10.2. The third-order valence-corrected chi connectivity index (χ3v) is 2.68. The molecule has 0 aliphatic rings. The Balaban J connectivity index is 2.27. The van der Waals surface area contributed by atoms with Crippen molar-refractivity contribution in [3.8, 4) is 0 Å². The van der Waals surface area contributed by atoms with Gasteiger partial charge < -0.3 is 5.32 Å². The van der Waals surface area contributed by atoms with Crippen LogP contribution in [0.1, 0.15) is 5.56 Å². The summed E-state index contributed by atoms with van der Waals surface area (Å²) in [6.07, 6.45) is 0. The summed E-state index contributed by atoms with van der Waals surface area (Å²) in [5, 5.41) is 13.1. The fourth-order valence-corrected chi connectivity index (χ4v) is 1.72. The van der Waals surface area contributed by atoms with Crippen molar-refractivity contribution in [1.29, 1.82) is 0 Å². The number of nitrogens with one attached hydrogen (secondary N) is 1. The first-order chi connectivity index (χ1) is 9.88. The highest BCUT2D eigenvalue weighted by atomic mass is 19.2. The van der Waals surface area contributed by atoms with Crippen LogP contribution in [-0.2, 0) is 6.54 Å². The summed E-state index contributed by atoms with van der Waals surface area (Å²) in [7, 11) is 0. The van der Waals surface area contributed by atoms with Gasteiger partial charge in [0.05, 0.1) is 11.0 Å². The summed E-state index contributed by atoms with van der Waals surface area (Å²) in [6, 6.07) is 4.04. The Morgan fingerprint density at radius 3 is 2.33 bits per heavy atom. The molecule has 0 saturated heterocycles. The molecular weight excluding hydrogens is 292 g/mol. The smallest absolute Gasteiger partial charge is 0.298 e. The molecule has 8 heteroatoms. The maximum Gasteiger partial charge on any atom is 0.298 e. The van der Waals surface area contributed by atoms with Gasteiger partial charge in [0.2, 0.25) is 0 Å². The van der Waals surface area contributed by atoms with Gasteiger partial charge in [0.25, 0.3) is 5.69 Å². The number of nitro benzene ring substituents is 1. The second-order valence-electron chi connectivity index (χ2n) is 4.14. The number of nitro groups is 1. The molecule has 0 aliphatic carbocycles. The van der Waals surface area contributed by atoms with E-state index in [-0.39, 0.29) is 12.1 Å². The van der Waals surface area contributed by atoms with Crippen molar-refractivity contribution in [3.63, 3.8) is 0 Å². The number of nitrogens with zero attached hydrogens (tertiary/aromatic N) is 1. The molecule has 2 aromatic rings. The largest absolute Gasteiger partial charge is 0.373 e. The number of benzene rings is 2. The van der Waals surface area contributed by atoms with Gasteiger partial charge in [-0.15, -0.1) is 0 Å². The molecule has 0 aromatic heterocycles. The maximum atomic E-state index is 13.6. The molecule has 2 aromatic carbocycles. The van der Waals surface area contributed by atoms with Crippen molar-refractivity contribution in [1.82, 2.24) is 0 Å². The van der Waals surface area contributed by atoms with Gasteiger partial charge in [0.1, 0.15) is 11.5 Å². The van der Waals surface area contributed by atoms with E-state index in [0.717, 1.165) is 12.1 Å². The van der Waals surface area contributed by atoms with Crippen LogP contribution in [0.4, 0.5) is 28.9 Å². The minimum atomic E-state index is -1.15. The molecule has 0 unspecified atom stereocenters. The summed E-state index contributed by atoms with van der Waals surface area (Å²) in [6.45, 7) is -0.194. The summed E-state index contributed by atoms with van der Waals surface area (Å²) in [5.74, 6) is -4.37. The Labute approximate surface area is 116 Å². The molecule has 0 aliphatic heterocycles. The van der Waals surface area contributed by atoms with Crippen LogP contribution in [0.3, 0.4) is 0 Å². The SMILES string of the molecule is O=[N+]([O-])c1cc(F)cc(F)c1NCc1ccc(F)c(F)c1. The highest BCUT2D eigenvalue weighted by Crippen LogP contribution is 2.29. The number of anilines is 1. The first-order valence-electron chi connectivity index (χ1n) is 5.69. The first-order valence-corrected chi connectivity index (χ1v) is 5.69. The van der Waals surface area contributed by atoms with Crippen molar-refractivity contribution in [2.75, 3.05) is 5.32 Å². The van der Waals surface area contributed by atoms with E-state index in [1.165, 1.54) is 6.07 Å². The van der Waals surface area contributed by atoms with Crippen molar-refractivity contribution in [2.45, 2.75) is 6.54 Å². The third-order valence-electron chi connectivity index (χ3n) is 2.68. The molecule has 4 nitrogen and oxygen atoms in total. The van der Waals surface area contributed by atoms with E-state index < -0.39 is 39.6 Å². The molecule has 0 saturated carbocycles. The molecule has 0 atom stereocenters. The van der Waals surface area contributed by atoms with Crippen molar-refractivity contribution in [2.24, 2.45) is 0 Å². The van der Waals surface area contributed by atoms with Crippen molar-refractivity contribution >= 4 is 11.4 Å². The quantitative estimate of drug-likeness (QED) is 0.531. The Morgan fingerprint density at radius 1 is 1.00 bits per heavy atom. The minimum Gasteiger partial charge on any atom is -0.373 e. The first kappa shape index (κ1) is 14.8. The average Bonchev–Trinajstić information content (AvgIpc) is 2.40. The lowest BCUT2D eigenvalue weighted by Crippen LogP contribution is -2.06. The average molecular weight is 300 g/mol. The van der Waals surface area contributed by atoms with Crippen LogP contribution in [0.25, 0.3) is 0 Å². The summed E-state index contributed by atoms with van der Waals surface area (Å²) < 4.78 is 52.3. The highest BCUT2D eigenvalue weighted by molar-refractivity contribution is 5.62. The van der Waals surface area contributed by atoms with Crippen LogP contribution in [0.2, 0.25) is 0 Å². The molecular formula is C13H8F4N2O2. The van der Waals surface area contributed by atoms with Gasteiger partial charge in [0, 0.05) is 12.6 Å². The Kier molecular flexibility index (Phi) is 4.06. The van der Waals surface area contributed by atoms with E-state index >= 15 is 0 Å². The zero-order valence-electron chi connectivity index (χ0n) is 10.4. The fourth-order valence-electron chi connectivity index (χ4n) is 1.72. The Bertz CT molecular complexity index is 707. The highest BCUT2D eigenvalue weighted by Gasteiger charge is 2.20. The number of hydrogen-bond donors (Lipinski definition) is 1. The lowest BCUT2D eigenvalue weighted by Gasteiger charge is -2.09. The Hall–Kier alpha value is -2.64. The monoisotopic (exact) mass is 300 g/mol. The standard InChI is InChI=1S/C13H8F4N2O2/c14-8-4-11(17)13(12(5-8)19(20)21)18-6-7-1-2-9(15)10(16)3-7/h1-5,18H,6H2. The van der Waals surface area contributed by atoms with E-state index in [4.69, 9.17) is 0 Å². The zero-order chi connectivity index (χ0) is 15.6. The fraction of sp³-hybridized carbons (Fsp3) is 0.0769. The maximum absolute atomic E-state index is 13.6. The molecule has 1 N–H and O–H groups in total.